The molecule has 2 aromatic carbocycles. The smallest absolute Gasteiger partial charge is 0.341 e. The van der Waals surface area contributed by atoms with Crippen molar-refractivity contribution >= 4 is 32.9 Å². The van der Waals surface area contributed by atoms with Crippen molar-refractivity contribution in [3.8, 4) is 5.75 Å². The Morgan fingerprint density at radius 1 is 1.05 bits per heavy atom. The van der Waals surface area contributed by atoms with E-state index in [4.69, 9.17) is 4.18 Å². The summed E-state index contributed by atoms with van der Waals surface area (Å²) in [7, 11) is -3.94. The van der Waals surface area contributed by atoms with Crippen LogP contribution in [0, 0.1) is 13.8 Å². The van der Waals surface area contributed by atoms with E-state index in [0.717, 1.165) is 22.9 Å². The van der Waals surface area contributed by atoms with E-state index in [1.54, 1.807) is 24.3 Å². The zero-order valence-corrected chi connectivity index (χ0v) is 13.0. The van der Waals surface area contributed by atoms with Crippen LogP contribution in [0.5, 0.6) is 5.75 Å². The van der Waals surface area contributed by atoms with Gasteiger partial charge in [0.1, 0.15) is 21.7 Å². The summed E-state index contributed by atoms with van der Waals surface area (Å²) >= 11 is 0.975. The molecule has 0 unspecified atom stereocenters. The Labute approximate surface area is 126 Å². The first-order valence-electron chi connectivity index (χ1n) is 6.21. The maximum absolute atomic E-state index is 12.5. The summed E-state index contributed by atoms with van der Waals surface area (Å²) in [4.78, 5) is 0.0367. The molecule has 108 valence electrons. The molecule has 5 nitrogen and oxygen atoms in total. The van der Waals surface area contributed by atoms with Gasteiger partial charge in [-0.2, -0.15) is 17.2 Å². The molecule has 1 heterocycles. The van der Waals surface area contributed by atoms with Crippen molar-refractivity contribution in [2.45, 2.75) is 18.7 Å². The van der Waals surface area contributed by atoms with Crippen molar-refractivity contribution in [2.24, 2.45) is 0 Å². The van der Waals surface area contributed by atoms with E-state index in [0.29, 0.717) is 16.8 Å². The fraction of sp³-hybridized carbons (Fsp3) is 0.143. The van der Waals surface area contributed by atoms with Gasteiger partial charge in [-0.15, -0.1) is 0 Å². The molecule has 0 radical (unpaired) electrons. The third-order valence-corrected chi connectivity index (χ3v) is 5.08. The van der Waals surface area contributed by atoms with Gasteiger partial charge in [-0.25, -0.2) is 0 Å². The lowest BCUT2D eigenvalue weighted by atomic mass is 10.1. The standard InChI is InChI=1S/C14H12N2O3S2/c1-9-5-3-7-12(10(9)2)19-21(17,18)13-8-4-6-11-14(13)16-20-15-11/h3-8H,1-2H3. The predicted molar refractivity (Wildman–Crippen MR) is 81.1 cm³/mol. The van der Waals surface area contributed by atoms with Gasteiger partial charge in [-0.3, -0.25) is 0 Å². The van der Waals surface area contributed by atoms with E-state index in [1.807, 2.05) is 19.9 Å². The molecule has 3 aromatic rings. The predicted octanol–water partition coefficient (Wildman–Crippen LogP) is 3.08. The zero-order chi connectivity index (χ0) is 15.0. The molecule has 0 N–H and O–H groups in total. The van der Waals surface area contributed by atoms with Crippen LogP contribution >= 0.6 is 11.7 Å². The summed E-state index contributed by atoms with van der Waals surface area (Å²) in [5.41, 5.74) is 2.65. The molecule has 0 aliphatic heterocycles. The van der Waals surface area contributed by atoms with Gasteiger partial charge in [-0.1, -0.05) is 18.2 Å². The van der Waals surface area contributed by atoms with Gasteiger partial charge in [-0.05, 0) is 43.2 Å². The van der Waals surface area contributed by atoms with Crippen LogP contribution in [0.2, 0.25) is 0 Å². The number of nitrogens with zero attached hydrogens (tertiary/aromatic N) is 2. The summed E-state index contributed by atoms with van der Waals surface area (Å²) in [6.45, 7) is 3.73. The van der Waals surface area contributed by atoms with Gasteiger partial charge in [0.05, 0.1) is 11.7 Å². The van der Waals surface area contributed by atoms with E-state index >= 15 is 0 Å². The molecular weight excluding hydrogens is 308 g/mol. The van der Waals surface area contributed by atoms with Crippen molar-refractivity contribution < 1.29 is 12.6 Å². The van der Waals surface area contributed by atoms with E-state index in [9.17, 15) is 8.42 Å². The summed E-state index contributed by atoms with van der Waals surface area (Å²) in [6.07, 6.45) is 0. The van der Waals surface area contributed by atoms with Gasteiger partial charge in [0.15, 0.2) is 0 Å². The van der Waals surface area contributed by atoms with Gasteiger partial charge in [0, 0.05) is 0 Å². The van der Waals surface area contributed by atoms with Gasteiger partial charge < -0.3 is 4.18 Å². The summed E-state index contributed by atoms with van der Waals surface area (Å²) in [5.74, 6) is 0.329. The number of aromatic nitrogens is 2. The molecular formula is C14H12N2O3S2. The monoisotopic (exact) mass is 320 g/mol. The van der Waals surface area contributed by atoms with Crippen LogP contribution in [0.15, 0.2) is 41.3 Å². The van der Waals surface area contributed by atoms with E-state index in [1.165, 1.54) is 6.07 Å². The number of hydrogen-bond acceptors (Lipinski definition) is 6. The van der Waals surface area contributed by atoms with Crippen LogP contribution in [-0.4, -0.2) is 17.2 Å². The summed E-state index contributed by atoms with van der Waals surface area (Å²) < 4.78 is 38.3. The Bertz CT molecular complexity index is 917. The second kappa shape index (κ2) is 5.09. The Kier molecular flexibility index (Phi) is 3.38. The van der Waals surface area contributed by atoms with Crippen LogP contribution in [0.4, 0.5) is 0 Å². The minimum atomic E-state index is -3.94. The Hall–Kier alpha value is -1.99. The highest BCUT2D eigenvalue weighted by Gasteiger charge is 2.22. The van der Waals surface area contributed by atoms with Crippen LogP contribution in [0.1, 0.15) is 11.1 Å². The van der Waals surface area contributed by atoms with Crippen molar-refractivity contribution in [1.29, 1.82) is 0 Å². The van der Waals surface area contributed by atoms with Crippen LogP contribution in [0.25, 0.3) is 11.0 Å². The molecule has 0 atom stereocenters. The average Bonchev–Trinajstić information content (AvgIpc) is 2.91. The van der Waals surface area contributed by atoms with Crippen molar-refractivity contribution in [1.82, 2.24) is 8.75 Å². The lowest BCUT2D eigenvalue weighted by Gasteiger charge is -2.11. The maximum atomic E-state index is 12.5. The highest BCUT2D eigenvalue weighted by molar-refractivity contribution is 7.87. The molecule has 3 rings (SSSR count). The first-order valence-corrected chi connectivity index (χ1v) is 8.35. The van der Waals surface area contributed by atoms with Crippen LogP contribution in [0.3, 0.4) is 0 Å². The first kappa shape index (κ1) is 14.0. The fourth-order valence-corrected chi connectivity index (χ4v) is 3.71. The van der Waals surface area contributed by atoms with E-state index in [-0.39, 0.29) is 4.90 Å². The molecule has 0 fully saturated rings. The Morgan fingerprint density at radius 2 is 1.81 bits per heavy atom. The molecule has 1 aromatic heterocycles. The normalized spacial score (nSPS) is 11.7. The molecule has 0 saturated heterocycles. The Morgan fingerprint density at radius 3 is 2.62 bits per heavy atom. The van der Waals surface area contributed by atoms with Crippen molar-refractivity contribution in [2.75, 3.05) is 0 Å². The second-order valence-electron chi connectivity index (χ2n) is 4.62. The highest BCUT2D eigenvalue weighted by Crippen LogP contribution is 2.27. The number of benzene rings is 2. The lowest BCUT2D eigenvalue weighted by molar-refractivity contribution is 0.485. The lowest BCUT2D eigenvalue weighted by Crippen LogP contribution is -2.11. The Balaban J connectivity index is 2.09. The minimum absolute atomic E-state index is 0.0367. The van der Waals surface area contributed by atoms with Gasteiger partial charge in [0.25, 0.3) is 0 Å². The maximum Gasteiger partial charge on any atom is 0.341 e. The largest absolute Gasteiger partial charge is 0.379 e. The third kappa shape index (κ3) is 2.50. The summed E-state index contributed by atoms with van der Waals surface area (Å²) in [5, 5.41) is 0. The molecule has 7 heteroatoms. The fourth-order valence-electron chi connectivity index (χ4n) is 1.96. The SMILES string of the molecule is Cc1cccc(OS(=O)(=O)c2cccc3nsnc23)c1C. The number of fused-ring (bicyclic) bond motifs is 1. The molecule has 0 aliphatic rings. The molecule has 0 spiro atoms. The minimum Gasteiger partial charge on any atom is -0.379 e. The summed E-state index contributed by atoms with van der Waals surface area (Å²) in [6, 6.07) is 10.1. The molecule has 0 amide bonds. The highest BCUT2D eigenvalue weighted by atomic mass is 32.2. The van der Waals surface area contributed by atoms with Gasteiger partial charge in [0.2, 0.25) is 0 Å². The molecule has 0 aliphatic carbocycles. The van der Waals surface area contributed by atoms with Crippen molar-refractivity contribution in [3.63, 3.8) is 0 Å². The van der Waals surface area contributed by atoms with Crippen LogP contribution in [-0.2, 0) is 10.1 Å². The second-order valence-corrected chi connectivity index (χ2v) is 6.67. The molecule has 21 heavy (non-hydrogen) atoms. The number of aryl methyl sites for hydroxylation is 1. The molecule has 0 saturated carbocycles. The quantitative estimate of drug-likeness (QED) is 0.694. The molecule has 0 bridgehead atoms. The average molecular weight is 320 g/mol. The number of hydrogen-bond donors (Lipinski definition) is 0. The van der Waals surface area contributed by atoms with Crippen molar-refractivity contribution in [3.05, 3.63) is 47.5 Å². The van der Waals surface area contributed by atoms with E-state index < -0.39 is 10.1 Å². The van der Waals surface area contributed by atoms with E-state index in [2.05, 4.69) is 8.75 Å². The van der Waals surface area contributed by atoms with Crippen LogP contribution < -0.4 is 4.18 Å². The first-order chi connectivity index (χ1) is 9.99. The zero-order valence-electron chi connectivity index (χ0n) is 11.4. The van der Waals surface area contributed by atoms with Gasteiger partial charge >= 0.3 is 10.1 Å². The topological polar surface area (TPSA) is 69.2 Å². The number of rotatable bonds is 3. The third-order valence-electron chi connectivity index (χ3n) is 3.27.